The van der Waals surface area contributed by atoms with Gasteiger partial charge in [-0.05, 0) is 19.4 Å². The maximum Gasteiger partial charge on any atom is 0.328 e. The van der Waals surface area contributed by atoms with Gasteiger partial charge in [0.1, 0.15) is 12.1 Å². The van der Waals surface area contributed by atoms with Crippen molar-refractivity contribution in [3.8, 4) is 0 Å². The van der Waals surface area contributed by atoms with Crippen molar-refractivity contribution in [1.82, 2.24) is 16.0 Å². The van der Waals surface area contributed by atoms with Gasteiger partial charge < -0.3 is 31.9 Å². The number of primary amides is 1. The molecule has 0 unspecified atom stereocenters. The second-order valence-electron chi connectivity index (χ2n) is 4.96. The molecule has 22 heavy (non-hydrogen) atoms. The first-order valence-corrected chi connectivity index (χ1v) is 6.81. The Balaban J connectivity index is 2.69. The first-order chi connectivity index (χ1) is 10.3. The smallest absolute Gasteiger partial charge is 0.328 e. The molecule has 124 valence electrons. The van der Waals surface area contributed by atoms with E-state index in [9.17, 15) is 19.2 Å². The van der Waals surface area contributed by atoms with Gasteiger partial charge in [0.2, 0.25) is 17.7 Å². The molecule has 3 amide bonds. The van der Waals surface area contributed by atoms with Gasteiger partial charge in [-0.2, -0.15) is 0 Å². The molecule has 10 nitrogen and oxygen atoms in total. The topological polar surface area (TPSA) is 171 Å². The number of aliphatic carboxylic acids is 1. The molecule has 3 atom stereocenters. The summed E-state index contributed by atoms with van der Waals surface area (Å²) in [6.07, 6.45) is 0.948. The summed E-state index contributed by atoms with van der Waals surface area (Å²) in [5, 5.41) is 25.0. The van der Waals surface area contributed by atoms with Gasteiger partial charge in [-0.15, -0.1) is 0 Å². The molecule has 0 bridgehead atoms. The SMILES string of the molecule is NC(=O)C[C@H](NC(=O)[C@@H]1CCCN1)C(=O)N[C@@H](CO)C(=O)O. The van der Waals surface area contributed by atoms with Crippen LogP contribution in [0.2, 0.25) is 0 Å². The van der Waals surface area contributed by atoms with Crippen LogP contribution in [0.5, 0.6) is 0 Å². The molecule has 7 N–H and O–H groups in total. The molecule has 0 saturated carbocycles. The van der Waals surface area contributed by atoms with Crippen molar-refractivity contribution in [2.24, 2.45) is 5.73 Å². The molecule has 1 rings (SSSR count). The number of aliphatic hydroxyl groups is 1. The number of nitrogens with two attached hydrogens (primary N) is 1. The van der Waals surface area contributed by atoms with E-state index in [1.807, 2.05) is 5.32 Å². The first-order valence-electron chi connectivity index (χ1n) is 6.81. The molecule has 1 fully saturated rings. The molecule has 0 aromatic carbocycles. The van der Waals surface area contributed by atoms with Crippen LogP contribution < -0.4 is 21.7 Å². The standard InChI is InChI=1S/C12H20N4O6/c13-9(18)4-7(11(20)16-8(5-17)12(21)22)15-10(19)6-2-1-3-14-6/h6-8,14,17H,1-5H2,(H2,13,18)(H,15,19)(H,16,20)(H,21,22)/t6-,7-,8-/m0/s1. The second kappa shape index (κ2) is 8.29. The number of aliphatic hydroxyl groups excluding tert-OH is 1. The number of hydrogen-bond acceptors (Lipinski definition) is 6. The summed E-state index contributed by atoms with van der Waals surface area (Å²) in [6, 6.07) is -3.28. The van der Waals surface area contributed by atoms with E-state index in [0.29, 0.717) is 13.0 Å². The number of carbonyl (C=O) groups is 4. The summed E-state index contributed by atoms with van der Waals surface area (Å²) in [5.74, 6) is -3.62. The van der Waals surface area contributed by atoms with E-state index in [2.05, 4.69) is 10.6 Å². The van der Waals surface area contributed by atoms with Crippen molar-refractivity contribution in [1.29, 1.82) is 0 Å². The van der Waals surface area contributed by atoms with Crippen LogP contribution in [0, 0.1) is 0 Å². The summed E-state index contributed by atoms with van der Waals surface area (Å²) in [4.78, 5) is 45.7. The van der Waals surface area contributed by atoms with Crippen LogP contribution in [0.4, 0.5) is 0 Å². The highest BCUT2D eigenvalue weighted by molar-refractivity contribution is 5.94. The minimum Gasteiger partial charge on any atom is -0.480 e. The fourth-order valence-corrected chi connectivity index (χ4v) is 2.05. The number of carbonyl (C=O) groups excluding carboxylic acids is 3. The quantitative estimate of drug-likeness (QED) is 0.272. The van der Waals surface area contributed by atoms with Crippen LogP contribution in [0.15, 0.2) is 0 Å². The van der Waals surface area contributed by atoms with Gasteiger partial charge in [0.05, 0.1) is 19.1 Å². The summed E-state index contributed by atoms with van der Waals surface area (Å²) in [7, 11) is 0. The monoisotopic (exact) mass is 316 g/mol. The van der Waals surface area contributed by atoms with Crippen LogP contribution in [-0.2, 0) is 19.2 Å². The van der Waals surface area contributed by atoms with Gasteiger partial charge in [-0.25, -0.2) is 4.79 Å². The number of amides is 3. The molecule has 1 aliphatic rings. The third kappa shape index (κ3) is 5.30. The zero-order valence-electron chi connectivity index (χ0n) is 11.9. The molecule has 1 aliphatic heterocycles. The Hall–Kier alpha value is -2.20. The fraction of sp³-hybridized carbons (Fsp3) is 0.667. The summed E-state index contributed by atoms with van der Waals surface area (Å²) >= 11 is 0. The maximum absolute atomic E-state index is 12.0. The van der Waals surface area contributed by atoms with Gasteiger partial charge in [-0.3, -0.25) is 14.4 Å². The lowest BCUT2D eigenvalue weighted by atomic mass is 10.1. The van der Waals surface area contributed by atoms with Crippen LogP contribution in [0.3, 0.4) is 0 Å². The van der Waals surface area contributed by atoms with Crippen LogP contribution in [-0.4, -0.2) is 65.2 Å². The van der Waals surface area contributed by atoms with Crippen molar-refractivity contribution >= 4 is 23.7 Å². The molecule has 10 heteroatoms. The van der Waals surface area contributed by atoms with Gasteiger partial charge in [0.15, 0.2) is 0 Å². The summed E-state index contributed by atoms with van der Waals surface area (Å²) in [5.41, 5.74) is 5.03. The number of hydrogen-bond donors (Lipinski definition) is 6. The number of carboxylic acid groups (broad SMARTS) is 1. The molecule has 0 aromatic rings. The molecule has 0 radical (unpaired) electrons. The first kappa shape index (κ1) is 17.9. The minimum atomic E-state index is -1.52. The zero-order valence-corrected chi connectivity index (χ0v) is 11.9. The highest BCUT2D eigenvalue weighted by atomic mass is 16.4. The van der Waals surface area contributed by atoms with Gasteiger partial charge in [-0.1, -0.05) is 0 Å². The largest absolute Gasteiger partial charge is 0.480 e. The number of rotatable bonds is 8. The van der Waals surface area contributed by atoms with Gasteiger partial charge in [0, 0.05) is 0 Å². The molecule has 0 aromatic heterocycles. The lowest BCUT2D eigenvalue weighted by molar-refractivity contribution is -0.143. The van der Waals surface area contributed by atoms with E-state index in [-0.39, 0.29) is 0 Å². The average Bonchev–Trinajstić information content (AvgIpc) is 2.96. The third-order valence-electron chi connectivity index (χ3n) is 3.21. The maximum atomic E-state index is 12.0. The Morgan fingerprint density at radius 2 is 1.91 bits per heavy atom. The van der Waals surface area contributed by atoms with Gasteiger partial charge >= 0.3 is 5.97 Å². The molecule has 0 spiro atoms. The van der Waals surface area contributed by atoms with Crippen LogP contribution in [0.25, 0.3) is 0 Å². The van der Waals surface area contributed by atoms with Crippen molar-refractivity contribution in [3.63, 3.8) is 0 Å². The van der Waals surface area contributed by atoms with E-state index in [1.165, 1.54) is 0 Å². The summed E-state index contributed by atoms with van der Waals surface area (Å²) in [6.45, 7) is -0.140. The van der Waals surface area contributed by atoms with Crippen molar-refractivity contribution in [2.45, 2.75) is 37.4 Å². The molecule has 1 saturated heterocycles. The fourth-order valence-electron chi connectivity index (χ4n) is 2.05. The Morgan fingerprint density at radius 1 is 1.23 bits per heavy atom. The Morgan fingerprint density at radius 3 is 2.36 bits per heavy atom. The van der Waals surface area contributed by atoms with E-state index in [1.54, 1.807) is 0 Å². The number of nitrogens with one attached hydrogen (secondary N) is 3. The lowest BCUT2D eigenvalue weighted by Gasteiger charge is -2.21. The highest BCUT2D eigenvalue weighted by Crippen LogP contribution is 2.05. The minimum absolute atomic E-state index is 0.462. The molecular formula is C12H20N4O6. The molecular weight excluding hydrogens is 296 g/mol. The highest BCUT2D eigenvalue weighted by Gasteiger charge is 2.30. The van der Waals surface area contributed by atoms with Crippen LogP contribution in [0.1, 0.15) is 19.3 Å². The normalized spacial score (nSPS) is 20.0. The predicted molar refractivity (Wildman–Crippen MR) is 73.4 cm³/mol. The van der Waals surface area contributed by atoms with E-state index >= 15 is 0 Å². The zero-order chi connectivity index (χ0) is 16.7. The Kier molecular flexibility index (Phi) is 6.73. The van der Waals surface area contributed by atoms with Crippen molar-refractivity contribution in [2.75, 3.05) is 13.2 Å². The van der Waals surface area contributed by atoms with Gasteiger partial charge in [0.25, 0.3) is 0 Å². The van der Waals surface area contributed by atoms with Crippen LogP contribution >= 0.6 is 0 Å². The lowest BCUT2D eigenvalue weighted by Crippen LogP contribution is -2.56. The van der Waals surface area contributed by atoms with Crippen molar-refractivity contribution < 1.29 is 29.4 Å². The third-order valence-corrected chi connectivity index (χ3v) is 3.21. The Labute approximate surface area is 126 Å². The van der Waals surface area contributed by atoms with E-state index < -0.39 is 54.8 Å². The second-order valence-corrected chi connectivity index (χ2v) is 4.96. The van der Waals surface area contributed by atoms with Crippen molar-refractivity contribution in [3.05, 3.63) is 0 Å². The predicted octanol–water partition coefficient (Wildman–Crippen LogP) is -3.34. The summed E-state index contributed by atoms with van der Waals surface area (Å²) < 4.78 is 0. The van der Waals surface area contributed by atoms with E-state index in [0.717, 1.165) is 6.42 Å². The molecule has 1 heterocycles. The number of carboxylic acids is 1. The average molecular weight is 316 g/mol. The molecule has 0 aliphatic carbocycles. The Bertz CT molecular complexity index is 449. The van der Waals surface area contributed by atoms with E-state index in [4.69, 9.17) is 15.9 Å².